The molecule has 0 atom stereocenters. The molecule has 5 heteroatoms. The number of anilines is 1. The van der Waals surface area contributed by atoms with Crippen LogP contribution in [0.15, 0.2) is 30.5 Å². The highest BCUT2D eigenvalue weighted by Crippen LogP contribution is 2.28. The third-order valence-corrected chi connectivity index (χ3v) is 2.31. The van der Waals surface area contributed by atoms with Gasteiger partial charge in [-0.15, -0.1) is 0 Å². The van der Waals surface area contributed by atoms with Crippen molar-refractivity contribution in [3.05, 3.63) is 47.7 Å². The van der Waals surface area contributed by atoms with Crippen molar-refractivity contribution in [2.75, 3.05) is 5.73 Å². The first kappa shape index (κ1) is 11.0. The Kier molecular flexibility index (Phi) is 2.71. The van der Waals surface area contributed by atoms with Gasteiger partial charge in [0.1, 0.15) is 29.1 Å². The monoisotopic (exact) mass is 231 g/mol. The second-order valence-corrected chi connectivity index (χ2v) is 3.35. The average Bonchev–Trinajstić information content (AvgIpc) is 2.32. The SMILES string of the molecule is N#Cc1c(-c2cc(F)ccc2F)ccnc1N. The highest BCUT2D eigenvalue weighted by Gasteiger charge is 2.13. The minimum absolute atomic E-state index is 0.00403. The van der Waals surface area contributed by atoms with Crippen LogP contribution in [0.4, 0.5) is 14.6 Å². The van der Waals surface area contributed by atoms with Gasteiger partial charge in [0.15, 0.2) is 0 Å². The number of nitrogens with two attached hydrogens (primary N) is 1. The van der Waals surface area contributed by atoms with Crippen LogP contribution in [0.5, 0.6) is 0 Å². The molecule has 0 aliphatic rings. The summed E-state index contributed by atoms with van der Waals surface area (Å²) in [6.07, 6.45) is 1.34. The summed E-state index contributed by atoms with van der Waals surface area (Å²) < 4.78 is 26.6. The van der Waals surface area contributed by atoms with E-state index in [1.165, 1.54) is 12.3 Å². The van der Waals surface area contributed by atoms with Gasteiger partial charge >= 0.3 is 0 Å². The van der Waals surface area contributed by atoms with E-state index in [-0.39, 0.29) is 22.5 Å². The molecule has 3 nitrogen and oxygen atoms in total. The van der Waals surface area contributed by atoms with Crippen LogP contribution < -0.4 is 5.73 Å². The number of halogens is 2. The van der Waals surface area contributed by atoms with Crippen molar-refractivity contribution in [1.82, 2.24) is 4.98 Å². The topological polar surface area (TPSA) is 62.7 Å². The predicted octanol–water partition coefficient (Wildman–Crippen LogP) is 2.48. The van der Waals surface area contributed by atoms with Gasteiger partial charge in [0.05, 0.1) is 0 Å². The van der Waals surface area contributed by atoms with Crippen molar-refractivity contribution in [1.29, 1.82) is 5.26 Å². The largest absolute Gasteiger partial charge is 0.383 e. The molecule has 0 aliphatic heterocycles. The van der Waals surface area contributed by atoms with Gasteiger partial charge in [-0.25, -0.2) is 13.8 Å². The van der Waals surface area contributed by atoms with Gasteiger partial charge < -0.3 is 5.73 Å². The number of pyridine rings is 1. The van der Waals surface area contributed by atoms with Crippen LogP contribution in [0.3, 0.4) is 0 Å². The predicted molar refractivity (Wildman–Crippen MR) is 58.7 cm³/mol. The second-order valence-electron chi connectivity index (χ2n) is 3.35. The first-order chi connectivity index (χ1) is 8.13. The van der Waals surface area contributed by atoms with Crippen molar-refractivity contribution in [2.45, 2.75) is 0 Å². The Morgan fingerprint density at radius 1 is 1.18 bits per heavy atom. The maximum atomic E-state index is 13.6. The fraction of sp³-hybridized carbons (Fsp3) is 0. The molecule has 0 bridgehead atoms. The molecule has 0 unspecified atom stereocenters. The van der Waals surface area contributed by atoms with E-state index in [0.717, 1.165) is 18.2 Å². The summed E-state index contributed by atoms with van der Waals surface area (Å²) in [6.45, 7) is 0. The van der Waals surface area contributed by atoms with Crippen LogP contribution in [-0.2, 0) is 0 Å². The van der Waals surface area contributed by atoms with Crippen molar-refractivity contribution >= 4 is 5.82 Å². The highest BCUT2D eigenvalue weighted by atomic mass is 19.1. The molecule has 0 radical (unpaired) electrons. The van der Waals surface area contributed by atoms with E-state index in [4.69, 9.17) is 11.0 Å². The van der Waals surface area contributed by atoms with Gasteiger partial charge in [-0.1, -0.05) is 0 Å². The Labute approximate surface area is 96.1 Å². The molecule has 2 aromatic rings. The number of hydrogen-bond donors (Lipinski definition) is 1. The molecule has 1 aromatic heterocycles. The van der Waals surface area contributed by atoms with E-state index < -0.39 is 11.6 Å². The van der Waals surface area contributed by atoms with E-state index >= 15 is 0 Å². The van der Waals surface area contributed by atoms with E-state index in [2.05, 4.69) is 4.98 Å². The lowest BCUT2D eigenvalue weighted by molar-refractivity contribution is 0.603. The molecule has 2 rings (SSSR count). The molecule has 84 valence electrons. The van der Waals surface area contributed by atoms with Crippen molar-refractivity contribution in [3.63, 3.8) is 0 Å². The lowest BCUT2D eigenvalue weighted by Crippen LogP contribution is -1.98. The Hall–Kier alpha value is -2.48. The summed E-state index contributed by atoms with van der Waals surface area (Å²) in [7, 11) is 0. The normalized spacial score (nSPS) is 9.94. The fourth-order valence-corrected chi connectivity index (χ4v) is 1.52. The van der Waals surface area contributed by atoms with Gasteiger partial charge in [-0.2, -0.15) is 5.26 Å². The molecule has 2 N–H and O–H groups in total. The maximum Gasteiger partial charge on any atom is 0.141 e. The summed E-state index contributed by atoms with van der Waals surface area (Å²) in [6, 6.07) is 6.29. The lowest BCUT2D eigenvalue weighted by atomic mass is 10.0. The van der Waals surface area contributed by atoms with Crippen molar-refractivity contribution < 1.29 is 8.78 Å². The third-order valence-electron chi connectivity index (χ3n) is 2.31. The van der Waals surface area contributed by atoms with Gasteiger partial charge in [-0.3, -0.25) is 0 Å². The Bertz CT molecular complexity index is 618. The Balaban J connectivity index is 2.73. The summed E-state index contributed by atoms with van der Waals surface area (Å²) in [5.41, 5.74) is 5.78. The van der Waals surface area contributed by atoms with Gasteiger partial charge in [0.2, 0.25) is 0 Å². The third kappa shape index (κ3) is 1.93. The number of benzene rings is 1. The van der Waals surface area contributed by atoms with E-state index in [0.29, 0.717) is 0 Å². The zero-order valence-corrected chi connectivity index (χ0v) is 8.61. The maximum absolute atomic E-state index is 13.6. The number of rotatable bonds is 1. The van der Waals surface area contributed by atoms with Crippen LogP contribution in [0.1, 0.15) is 5.56 Å². The average molecular weight is 231 g/mol. The molecule has 1 aromatic carbocycles. The smallest absolute Gasteiger partial charge is 0.141 e. The number of aromatic nitrogens is 1. The van der Waals surface area contributed by atoms with Crippen molar-refractivity contribution in [2.24, 2.45) is 0 Å². The van der Waals surface area contributed by atoms with Crippen LogP contribution in [0.25, 0.3) is 11.1 Å². The molecular weight excluding hydrogens is 224 g/mol. The number of hydrogen-bond acceptors (Lipinski definition) is 3. The van der Waals surface area contributed by atoms with Crippen LogP contribution in [-0.4, -0.2) is 4.98 Å². The molecule has 1 heterocycles. The number of nitriles is 1. The van der Waals surface area contributed by atoms with E-state index in [1.807, 2.05) is 6.07 Å². The molecule has 17 heavy (non-hydrogen) atoms. The molecular formula is C12H7F2N3. The number of nitrogens with zero attached hydrogens (tertiary/aromatic N) is 2. The Morgan fingerprint density at radius 3 is 2.65 bits per heavy atom. The summed E-state index contributed by atoms with van der Waals surface area (Å²) in [5, 5.41) is 8.93. The highest BCUT2D eigenvalue weighted by molar-refractivity contribution is 5.75. The quantitative estimate of drug-likeness (QED) is 0.820. The van der Waals surface area contributed by atoms with Crippen LogP contribution in [0, 0.1) is 23.0 Å². The van der Waals surface area contributed by atoms with Crippen LogP contribution >= 0.6 is 0 Å². The summed E-state index contributed by atoms with van der Waals surface area (Å²) in [5.74, 6) is -1.21. The zero-order chi connectivity index (χ0) is 12.4. The first-order valence-corrected chi connectivity index (χ1v) is 4.73. The molecule has 0 amide bonds. The van der Waals surface area contributed by atoms with E-state index in [9.17, 15) is 8.78 Å². The van der Waals surface area contributed by atoms with Gasteiger partial charge in [0.25, 0.3) is 0 Å². The summed E-state index contributed by atoms with van der Waals surface area (Å²) >= 11 is 0. The lowest BCUT2D eigenvalue weighted by Gasteiger charge is -2.07. The van der Waals surface area contributed by atoms with Gasteiger partial charge in [-0.05, 0) is 24.3 Å². The van der Waals surface area contributed by atoms with Crippen LogP contribution in [0.2, 0.25) is 0 Å². The zero-order valence-electron chi connectivity index (χ0n) is 8.61. The van der Waals surface area contributed by atoms with Crippen molar-refractivity contribution in [3.8, 4) is 17.2 Å². The molecule has 0 fully saturated rings. The number of nitrogen functional groups attached to an aromatic ring is 1. The molecule has 0 saturated carbocycles. The fourth-order valence-electron chi connectivity index (χ4n) is 1.52. The Morgan fingerprint density at radius 2 is 1.94 bits per heavy atom. The standard InChI is InChI=1S/C12H7F2N3/c13-7-1-2-11(14)9(5-7)8-3-4-17-12(16)10(8)6-15/h1-5H,(H2,16,17). The molecule has 0 aliphatic carbocycles. The molecule has 0 saturated heterocycles. The minimum atomic E-state index is -0.617. The summed E-state index contributed by atoms with van der Waals surface area (Å²) in [4.78, 5) is 3.73. The van der Waals surface area contributed by atoms with Gasteiger partial charge in [0, 0.05) is 17.3 Å². The second kappa shape index (κ2) is 4.18. The first-order valence-electron chi connectivity index (χ1n) is 4.73. The minimum Gasteiger partial charge on any atom is -0.383 e. The molecule has 0 spiro atoms. The van der Waals surface area contributed by atoms with E-state index in [1.54, 1.807) is 0 Å².